The van der Waals surface area contributed by atoms with Crippen molar-refractivity contribution in [3.63, 3.8) is 0 Å². The average molecular weight is 447 g/mol. The monoisotopic (exact) mass is 446 g/mol. The van der Waals surface area contributed by atoms with Gasteiger partial charge in [0, 0.05) is 45.5 Å². The minimum absolute atomic E-state index is 0.0842. The topological polar surface area (TPSA) is 92.3 Å². The number of benzene rings is 1. The molecule has 2 aromatic rings. The summed E-state index contributed by atoms with van der Waals surface area (Å²) < 4.78 is 37.6. The van der Waals surface area contributed by atoms with E-state index in [0.29, 0.717) is 45.1 Å². The van der Waals surface area contributed by atoms with Crippen LogP contribution < -0.4 is 9.64 Å². The molecule has 2 aliphatic heterocycles. The summed E-state index contributed by atoms with van der Waals surface area (Å²) in [5, 5.41) is 0. The van der Waals surface area contributed by atoms with E-state index < -0.39 is 10.0 Å². The van der Waals surface area contributed by atoms with Crippen molar-refractivity contribution in [1.82, 2.24) is 14.2 Å². The van der Waals surface area contributed by atoms with Gasteiger partial charge in [-0.1, -0.05) is 6.07 Å². The van der Waals surface area contributed by atoms with Crippen LogP contribution in [0.2, 0.25) is 0 Å². The number of sulfonamides is 1. The Morgan fingerprint density at radius 2 is 1.68 bits per heavy atom. The Balaban J connectivity index is 1.27. The molecule has 0 atom stereocenters. The molecule has 0 N–H and O–H groups in total. The van der Waals surface area contributed by atoms with Gasteiger partial charge in [0.15, 0.2) is 6.61 Å². The second kappa shape index (κ2) is 9.63. The minimum Gasteiger partial charge on any atom is -0.484 e. The highest BCUT2D eigenvalue weighted by molar-refractivity contribution is 7.89. The second-order valence-corrected chi connectivity index (χ2v) is 9.27. The Kier molecular flexibility index (Phi) is 6.69. The van der Waals surface area contributed by atoms with E-state index >= 15 is 0 Å². The summed E-state index contributed by atoms with van der Waals surface area (Å²) in [7, 11) is -3.54. The molecule has 1 aromatic carbocycles. The summed E-state index contributed by atoms with van der Waals surface area (Å²) in [6.45, 7) is 4.07. The van der Waals surface area contributed by atoms with Crippen LogP contribution in [0.4, 0.5) is 5.82 Å². The number of hydrogen-bond acceptors (Lipinski definition) is 7. The highest BCUT2D eigenvalue weighted by atomic mass is 32.2. The van der Waals surface area contributed by atoms with Crippen molar-refractivity contribution in [3.05, 3.63) is 48.7 Å². The lowest BCUT2D eigenvalue weighted by atomic mass is 10.3. The maximum absolute atomic E-state index is 12.7. The second-order valence-electron chi connectivity index (χ2n) is 7.33. The van der Waals surface area contributed by atoms with Gasteiger partial charge < -0.3 is 19.3 Å². The zero-order valence-corrected chi connectivity index (χ0v) is 18.0. The third kappa shape index (κ3) is 5.15. The van der Waals surface area contributed by atoms with Gasteiger partial charge in [0.25, 0.3) is 5.91 Å². The van der Waals surface area contributed by atoms with Crippen molar-refractivity contribution in [1.29, 1.82) is 0 Å². The predicted molar refractivity (Wildman–Crippen MR) is 115 cm³/mol. The fourth-order valence-corrected chi connectivity index (χ4v) is 5.01. The van der Waals surface area contributed by atoms with Crippen LogP contribution in [0, 0.1) is 0 Å². The van der Waals surface area contributed by atoms with Crippen LogP contribution >= 0.6 is 0 Å². The summed E-state index contributed by atoms with van der Waals surface area (Å²) >= 11 is 0. The standard InChI is InChI=1S/C21H26N4O5S/c26-21(24-11-9-23(10-12-24)20-3-1-2-8-22-20)17-30-18-4-6-19(7-5-18)31(27,28)25-13-15-29-16-14-25/h1-8H,9-17H2. The Labute approximate surface area is 182 Å². The van der Waals surface area contributed by atoms with Crippen molar-refractivity contribution in [3.8, 4) is 5.75 Å². The smallest absolute Gasteiger partial charge is 0.260 e. The van der Waals surface area contributed by atoms with Crippen LogP contribution in [-0.4, -0.2) is 87.6 Å². The van der Waals surface area contributed by atoms with Gasteiger partial charge in [-0.3, -0.25) is 4.79 Å². The zero-order chi connectivity index (χ0) is 21.7. The molecule has 2 aliphatic rings. The van der Waals surface area contributed by atoms with Gasteiger partial charge in [0.2, 0.25) is 10.0 Å². The molecule has 166 valence electrons. The first-order valence-corrected chi connectivity index (χ1v) is 11.7. The maximum atomic E-state index is 12.7. The van der Waals surface area contributed by atoms with Crippen LogP contribution in [-0.2, 0) is 19.6 Å². The largest absolute Gasteiger partial charge is 0.484 e. The molecule has 2 saturated heterocycles. The summed E-state index contributed by atoms with van der Waals surface area (Å²) in [5.74, 6) is 1.28. The number of hydrogen-bond donors (Lipinski definition) is 0. The molecule has 31 heavy (non-hydrogen) atoms. The molecule has 1 amide bonds. The van der Waals surface area contributed by atoms with Gasteiger partial charge in [-0.05, 0) is 36.4 Å². The van der Waals surface area contributed by atoms with Crippen molar-refractivity contribution in [2.24, 2.45) is 0 Å². The lowest BCUT2D eigenvalue weighted by molar-refractivity contribution is -0.133. The number of carbonyl (C=O) groups excluding carboxylic acids is 1. The predicted octanol–water partition coefficient (Wildman–Crippen LogP) is 0.830. The van der Waals surface area contributed by atoms with Gasteiger partial charge in [-0.25, -0.2) is 13.4 Å². The normalized spacial score (nSPS) is 18.1. The molecule has 4 rings (SSSR count). The number of morpholine rings is 1. The SMILES string of the molecule is O=C(COc1ccc(S(=O)(=O)N2CCOCC2)cc1)N1CCN(c2ccccn2)CC1. The molecule has 0 bridgehead atoms. The first-order valence-electron chi connectivity index (χ1n) is 10.3. The fourth-order valence-electron chi connectivity index (χ4n) is 3.61. The van der Waals surface area contributed by atoms with Crippen LogP contribution in [0.25, 0.3) is 0 Å². The first kappa shape index (κ1) is 21.5. The average Bonchev–Trinajstić information content (AvgIpc) is 2.84. The van der Waals surface area contributed by atoms with Gasteiger partial charge in [-0.2, -0.15) is 4.31 Å². The zero-order valence-electron chi connectivity index (χ0n) is 17.2. The van der Waals surface area contributed by atoms with E-state index in [9.17, 15) is 13.2 Å². The number of ether oxygens (including phenoxy) is 2. The summed E-state index contributed by atoms with van der Waals surface area (Å²) in [4.78, 5) is 21.0. The van der Waals surface area contributed by atoms with Crippen molar-refractivity contribution >= 4 is 21.7 Å². The Morgan fingerprint density at radius 1 is 0.968 bits per heavy atom. The molecular formula is C21H26N4O5S. The van der Waals surface area contributed by atoms with Gasteiger partial charge in [0.05, 0.1) is 18.1 Å². The van der Waals surface area contributed by atoms with E-state index in [0.717, 1.165) is 18.9 Å². The Bertz CT molecular complexity index is 971. The third-order valence-electron chi connectivity index (χ3n) is 5.40. The third-order valence-corrected chi connectivity index (χ3v) is 7.31. The van der Waals surface area contributed by atoms with Gasteiger partial charge in [0.1, 0.15) is 11.6 Å². The number of amides is 1. The molecule has 9 nitrogen and oxygen atoms in total. The maximum Gasteiger partial charge on any atom is 0.260 e. The van der Waals surface area contributed by atoms with Crippen molar-refractivity contribution in [2.45, 2.75) is 4.90 Å². The first-order chi connectivity index (χ1) is 15.0. The van der Waals surface area contributed by atoms with Crippen molar-refractivity contribution < 1.29 is 22.7 Å². The lowest BCUT2D eigenvalue weighted by Gasteiger charge is -2.35. The molecule has 3 heterocycles. The van der Waals surface area contributed by atoms with E-state index in [2.05, 4.69) is 9.88 Å². The van der Waals surface area contributed by atoms with E-state index in [4.69, 9.17) is 9.47 Å². The van der Waals surface area contributed by atoms with E-state index in [1.54, 1.807) is 23.2 Å². The lowest BCUT2D eigenvalue weighted by Crippen LogP contribution is -2.50. The number of carbonyl (C=O) groups is 1. The molecule has 0 aliphatic carbocycles. The minimum atomic E-state index is -3.54. The molecular weight excluding hydrogens is 420 g/mol. The molecule has 0 spiro atoms. The van der Waals surface area contributed by atoms with Crippen LogP contribution in [0.1, 0.15) is 0 Å². The molecule has 1 aromatic heterocycles. The molecule has 0 saturated carbocycles. The van der Waals surface area contributed by atoms with E-state index in [1.165, 1.54) is 16.4 Å². The van der Waals surface area contributed by atoms with Crippen LogP contribution in [0.15, 0.2) is 53.6 Å². The number of aromatic nitrogens is 1. The van der Waals surface area contributed by atoms with Crippen molar-refractivity contribution in [2.75, 3.05) is 64.0 Å². The highest BCUT2D eigenvalue weighted by Gasteiger charge is 2.26. The van der Waals surface area contributed by atoms with E-state index in [-0.39, 0.29) is 17.4 Å². The summed E-state index contributed by atoms with van der Waals surface area (Å²) in [6.07, 6.45) is 1.76. The Hall–Kier alpha value is -2.69. The van der Waals surface area contributed by atoms with Gasteiger partial charge in [-0.15, -0.1) is 0 Å². The number of rotatable bonds is 6. The number of nitrogens with zero attached hydrogens (tertiary/aromatic N) is 4. The number of pyridine rings is 1. The number of anilines is 1. The van der Waals surface area contributed by atoms with Crippen LogP contribution in [0.5, 0.6) is 5.75 Å². The van der Waals surface area contributed by atoms with Gasteiger partial charge >= 0.3 is 0 Å². The summed E-state index contributed by atoms with van der Waals surface area (Å²) in [5.41, 5.74) is 0. The molecule has 2 fully saturated rings. The highest BCUT2D eigenvalue weighted by Crippen LogP contribution is 2.21. The Morgan fingerprint density at radius 3 is 2.32 bits per heavy atom. The number of piperazine rings is 1. The molecule has 10 heteroatoms. The quantitative estimate of drug-likeness (QED) is 0.649. The van der Waals surface area contributed by atoms with E-state index in [1.807, 2.05) is 18.2 Å². The fraction of sp³-hybridized carbons (Fsp3) is 0.429. The molecule has 0 radical (unpaired) electrons. The summed E-state index contributed by atoms with van der Waals surface area (Å²) in [6, 6.07) is 12.0. The van der Waals surface area contributed by atoms with Crippen LogP contribution in [0.3, 0.4) is 0 Å². The molecule has 0 unspecified atom stereocenters.